The number of amides is 1. The monoisotopic (exact) mass is 594 g/mol. The number of piperidine rings is 1. The van der Waals surface area contributed by atoms with Gasteiger partial charge in [-0.05, 0) is 37.1 Å². The number of nitrogens with zero attached hydrogens (tertiary/aromatic N) is 6. The van der Waals surface area contributed by atoms with Crippen LogP contribution >= 0.6 is 24.0 Å². The molecule has 0 bridgehead atoms. The summed E-state index contributed by atoms with van der Waals surface area (Å²) in [5.41, 5.74) is 1.60. The molecule has 0 spiro atoms. The number of alkyl halides is 2. The zero-order valence-corrected chi connectivity index (χ0v) is 23.4. The quantitative estimate of drug-likeness (QED) is 0.421. The molecular formula is C27H30Cl2F2N6O3. The fourth-order valence-electron chi connectivity index (χ4n) is 5.41. The number of benzene rings is 1. The van der Waals surface area contributed by atoms with Crippen LogP contribution < -0.4 is 9.80 Å². The fourth-order valence-corrected chi connectivity index (χ4v) is 5.58. The molecule has 214 valence electrons. The number of hydrogen-bond acceptors (Lipinski definition) is 6. The number of aromatic carboxylic acids is 1. The van der Waals surface area contributed by atoms with Crippen LogP contribution in [0.4, 0.5) is 20.3 Å². The maximum atomic E-state index is 13.8. The first-order valence-corrected chi connectivity index (χ1v) is 13.2. The number of anilines is 2. The van der Waals surface area contributed by atoms with E-state index in [1.807, 2.05) is 35.4 Å². The number of carbonyl (C=O) groups excluding carboxylic acids is 1. The molecule has 1 unspecified atom stereocenters. The van der Waals surface area contributed by atoms with Gasteiger partial charge >= 0.3 is 5.97 Å². The van der Waals surface area contributed by atoms with Crippen molar-refractivity contribution in [3.63, 3.8) is 0 Å². The molecule has 9 nitrogen and oxygen atoms in total. The fraction of sp³-hybridized carbons (Fsp3) is 0.407. The highest BCUT2D eigenvalue weighted by molar-refractivity contribution is 6.31. The molecule has 1 amide bonds. The van der Waals surface area contributed by atoms with E-state index in [9.17, 15) is 23.5 Å². The Kier molecular flexibility index (Phi) is 9.15. The van der Waals surface area contributed by atoms with Crippen molar-refractivity contribution in [2.24, 2.45) is 0 Å². The van der Waals surface area contributed by atoms with Crippen LogP contribution in [0.15, 0.2) is 42.7 Å². The lowest BCUT2D eigenvalue weighted by atomic mass is 10.00. The van der Waals surface area contributed by atoms with E-state index in [0.29, 0.717) is 57.1 Å². The van der Waals surface area contributed by atoms with E-state index in [2.05, 4.69) is 19.9 Å². The first-order valence-electron chi connectivity index (χ1n) is 12.8. The highest BCUT2D eigenvalue weighted by atomic mass is 35.5. The van der Waals surface area contributed by atoms with E-state index in [1.165, 1.54) is 4.68 Å². The van der Waals surface area contributed by atoms with Gasteiger partial charge in [0.2, 0.25) is 5.91 Å². The van der Waals surface area contributed by atoms with Gasteiger partial charge in [0, 0.05) is 74.2 Å². The van der Waals surface area contributed by atoms with Crippen LogP contribution in [0.1, 0.15) is 48.3 Å². The second-order valence-electron chi connectivity index (χ2n) is 9.80. The van der Waals surface area contributed by atoms with Crippen molar-refractivity contribution in [2.45, 2.75) is 32.2 Å². The van der Waals surface area contributed by atoms with Crippen LogP contribution in [0, 0.1) is 0 Å². The molecule has 2 saturated heterocycles. The zero-order valence-electron chi connectivity index (χ0n) is 21.8. The third kappa shape index (κ3) is 6.00. The van der Waals surface area contributed by atoms with Crippen molar-refractivity contribution in [1.82, 2.24) is 19.7 Å². The average Bonchev–Trinajstić information content (AvgIpc) is 3.40. The van der Waals surface area contributed by atoms with Crippen LogP contribution in [-0.4, -0.2) is 75.9 Å². The summed E-state index contributed by atoms with van der Waals surface area (Å²) in [5, 5.41) is 13.9. The Morgan fingerprint density at radius 1 is 1.05 bits per heavy atom. The van der Waals surface area contributed by atoms with Crippen LogP contribution in [-0.2, 0) is 4.79 Å². The summed E-state index contributed by atoms with van der Waals surface area (Å²) in [6.07, 6.45) is 1.17. The van der Waals surface area contributed by atoms with Gasteiger partial charge in [0.05, 0.1) is 12.2 Å². The van der Waals surface area contributed by atoms with Crippen LogP contribution in [0.3, 0.4) is 0 Å². The lowest BCUT2D eigenvalue weighted by molar-refractivity contribution is -0.129. The molecule has 13 heteroatoms. The molecule has 2 aromatic heterocycles. The summed E-state index contributed by atoms with van der Waals surface area (Å²) in [7, 11) is 0. The minimum absolute atomic E-state index is 0. The number of carbonyl (C=O) groups is 2. The molecule has 2 aliphatic rings. The summed E-state index contributed by atoms with van der Waals surface area (Å²) >= 11 is 6.38. The third-order valence-corrected chi connectivity index (χ3v) is 7.66. The highest BCUT2D eigenvalue weighted by Gasteiger charge is 2.31. The molecule has 2 fully saturated rings. The Balaban J connectivity index is 0.00000370. The van der Waals surface area contributed by atoms with Gasteiger partial charge in [-0.1, -0.05) is 17.7 Å². The second-order valence-corrected chi connectivity index (χ2v) is 10.2. The molecule has 0 radical (unpaired) electrons. The summed E-state index contributed by atoms with van der Waals surface area (Å²) in [4.78, 5) is 33.8. The van der Waals surface area contributed by atoms with E-state index < -0.39 is 29.7 Å². The van der Waals surface area contributed by atoms with Crippen LogP contribution in [0.25, 0.3) is 11.1 Å². The molecule has 1 aromatic carbocycles. The molecule has 0 saturated carbocycles. The minimum atomic E-state index is -2.95. The Hall–Kier alpha value is -3.44. The normalized spacial score (nSPS) is 17.6. The molecular weight excluding hydrogens is 565 g/mol. The molecule has 40 heavy (non-hydrogen) atoms. The Bertz CT molecular complexity index is 1360. The van der Waals surface area contributed by atoms with Gasteiger partial charge in [0.1, 0.15) is 17.1 Å². The molecule has 2 aliphatic heterocycles. The van der Waals surface area contributed by atoms with Crippen molar-refractivity contribution in [1.29, 1.82) is 0 Å². The first-order chi connectivity index (χ1) is 18.7. The number of carboxylic acid groups (broad SMARTS) is 1. The summed E-state index contributed by atoms with van der Waals surface area (Å²) in [6, 6.07) is 9.12. The first kappa shape index (κ1) is 29.5. The zero-order chi connectivity index (χ0) is 27.7. The summed E-state index contributed by atoms with van der Waals surface area (Å²) in [5.74, 6) is -0.505. The number of hydrogen-bond donors (Lipinski definition) is 1. The highest BCUT2D eigenvalue weighted by Crippen LogP contribution is 2.37. The molecule has 4 heterocycles. The molecule has 0 aliphatic carbocycles. The van der Waals surface area contributed by atoms with Crippen LogP contribution in [0.5, 0.6) is 0 Å². The molecule has 1 N–H and O–H groups in total. The Morgan fingerprint density at radius 3 is 2.42 bits per heavy atom. The van der Waals surface area contributed by atoms with Gasteiger partial charge in [-0.2, -0.15) is 5.10 Å². The number of halogens is 4. The lowest BCUT2D eigenvalue weighted by Crippen LogP contribution is -2.48. The molecule has 3 aromatic rings. The predicted molar refractivity (Wildman–Crippen MR) is 151 cm³/mol. The predicted octanol–water partition coefficient (Wildman–Crippen LogP) is 5.17. The number of rotatable bonds is 6. The van der Waals surface area contributed by atoms with E-state index >= 15 is 0 Å². The standard InChI is InChI=1S/C27H29ClF2N6O3.ClH/c1-17(37)33-9-11-34(12-10-33)24-7-4-18(14-31-24)21-6-5-19(28)13-23(21)35-8-2-3-20(16-35)36-25(26(29)30)22(15-32-36)27(38)39;/h4-7,13-15,20,26H,2-3,8-12,16H2,1H3,(H,38,39);1H. The van der Waals surface area contributed by atoms with Gasteiger partial charge in [0.15, 0.2) is 0 Å². The minimum Gasteiger partial charge on any atom is -0.478 e. The van der Waals surface area contributed by atoms with Gasteiger partial charge < -0.3 is 19.8 Å². The summed E-state index contributed by atoms with van der Waals surface area (Å²) < 4.78 is 28.8. The van der Waals surface area contributed by atoms with Crippen molar-refractivity contribution < 1.29 is 23.5 Å². The Morgan fingerprint density at radius 2 is 1.80 bits per heavy atom. The number of aromatic nitrogens is 3. The van der Waals surface area contributed by atoms with Crippen molar-refractivity contribution in [3.05, 3.63) is 59.0 Å². The smallest absolute Gasteiger partial charge is 0.339 e. The van der Waals surface area contributed by atoms with Gasteiger partial charge in [-0.15, -0.1) is 12.4 Å². The maximum Gasteiger partial charge on any atom is 0.339 e. The topological polar surface area (TPSA) is 94.8 Å². The van der Waals surface area contributed by atoms with E-state index in [0.717, 1.165) is 28.8 Å². The van der Waals surface area contributed by atoms with Crippen molar-refractivity contribution >= 4 is 47.4 Å². The average molecular weight is 595 g/mol. The number of carboxylic acids is 1. The van der Waals surface area contributed by atoms with Gasteiger partial charge in [0.25, 0.3) is 6.43 Å². The number of pyridine rings is 1. The SMILES string of the molecule is CC(=O)N1CCN(c2ccc(-c3ccc(Cl)cc3N3CCCC(n4ncc(C(=O)O)c4C(F)F)C3)cn2)CC1.Cl. The van der Waals surface area contributed by atoms with E-state index in [1.54, 1.807) is 13.0 Å². The van der Waals surface area contributed by atoms with Gasteiger partial charge in [-0.3, -0.25) is 9.48 Å². The Labute approximate surface area is 241 Å². The number of piperazine rings is 1. The van der Waals surface area contributed by atoms with Crippen molar-refractivity contribution in [2.75, 3.05) is 49.1 Å². The summed E-state index contributed by atoms with van der Waals surface area (Å²) in [6.45, 7) is 5.39. The second kappa shape index (κ2) is 12.4. The molecule has 5 rings (SSSR count). The van der Waals surface area contributed by atoms with E-state index in [-0.39, 0.29) is 18.3 Å². The van der Waals surface area contributed by atoms with Gasteiger partial charge in [-0.25, -0.2) is 18.6 Å². The van der Waals surface area contributed by atoms with Crippen molar-refractivity contribution in [3.8, 4) is 11.1 Å². The van der Waals surface area contributed by atoms with E-state index in [4.69, 9.17) is 11.6 Å². The molecule has 1 atom stereocenters. The third-order valence-electron chi connectivity index (χ3n) is 7.42. The maximum absolute atomic E-state index is 13.8. The lowest BCUT2D eigenvalue weighted by Gasteiger charge is -2.36. The van der Waals surface area contributed by atoms with Crippen LogP contribution in [0.2, 0.25) is 5.02 Å². The largest absolute Gasteiger partial charge is 0.478 e.